The second kappa shape index (κ2) is 8.68. The van der Waals surface area contributed by atoms with Crippen LogP contribution in [-0.2, 0) is 6.54 Å². The van der Waals surface area contributed by atoms with E-state index in [-0.39, 0.29) is 0 Å². The number of rotatable bonds is 7. The second-order valence-electron chi connectivity index (χ2n) is 6.04. The Balaban J connectivity index is 1.63. The molecular weight excluding hydrogens is 374 g/mol. The van der Waals surface area contributed by atoms with E-state index >= 15 is 0 Å². The maximum Gasteiger partial charge on any atom is 0.288 e. The van der Waals surface area contributed by atoms with Gasteiger partial charge in [-0.1, -0.05) is 23.9 Å². The minimum atomic E-state index is -2.41. The van der Waals surface area contributed by atoms with E-state index < -0.39 is 5.76 Å². The SMILES string of the molecule is COc1ccc(CN(C(=S)Nc2ccc(SC(F)F)cc2)C2CC2)cc1. The summed E-state index contributed by atoms with van der Waals surface area (Å²) in [6.45, 7) is 0.722. The minimum absolute atomic E-state index is 0.450. The van der Waals surface area contributed by atoms with Crippen LogP contribution in [0.1, 0.15) is 18.4 Å². The van der Waals surface area contributed by atoms with Crippen molar-refractivity contribution < 1.29 is 13.5 Å². The number of halogens is 2. The zero-order valence-electron chi connectivity index (χ0n) is 14.3. The van der Waals surface area contributed by atoms with Crippen LogP contribution in [0.15, 0.2) is 53.4 Å². The molecule has 3 rings (SSSR count). The van der Waals surface area contributed by atoms with Gasteiger partial charge in [0.25, 0.3) is 5.76 Å². The number of hydrogen-bond donors (Lipinski definition) is 1. The Morgan fingerprint density at radius 3 is 2.38 bits per heavy atom. The highest BCUT2D eigenvalue weighted by molar-refractivity contribution is 7.99. The molecule has 2 aromatic rings. The molecule has 1 aliphatic carbocycles. The van der Waals surface area contributed by atoms with Gasteiger partial charge in [-0.25, -0.2) is 0 Å². The van der Waals surface area contributed by atoms with Gasteiger partial charge in [0.05, 0.1) is 7.11 Å². The van der Waals surface area contributed by atoms with Crippen LogP contribution in [0.2, 0.25) is 0 Å². The van der Waals surface area contributed by atoms with Crippen molar-refractivity contribution in [3.63, 3.8) is 0 Å². The number of benzene rings is 2. The molecular formula is C19H20F2N2OS2. The summed E-state index contributed by atoms with van der Waals surface area (Å²) in [6.07, 6.45) is 2.25. The van der Waals surface area contributed by atoms with Crippen LogP contribution in [0.4, 0.5) is 14.5 Å². The van der Waals surface area contributed by atoms with Crippen LogP contribution in [0.25, 0.3) is 0 Å². The van der Waals surface area contributed by atoms with Crippen molar-refractivity contribution in [2.75, 3.05) is 12.4 Å². The molecule has 0 bridgehead atoms. The Kier molecular flexibility index (Phi) is 6.32. The lowest BCUT2D eigenvalue weighted by atomic mass is 10.2. The lowest BCUT2D eigenvalue weighted by molar-refractivity contribution is 0.252. The molecule has 0 amide bonds. The number of methoxy groups -OCH3 is 1. The van der Waals surface area contributed by atoms with E-state index in [4.69, 9.17) is 17.0 Å². The minimum Gasteiger partial charge on any atom is -0.497 e. The molecule has 1 N–H and O–H groups in total. The van der Waals surface area contributed by atoms with Crippen LogP contribution in [0, 0.1) is 0 Å². The number of thioether (sulfide) groups is 1. The molecule has 1 fully saturated rings. The van der Waals surface area contributed by atoms with Crippen molar-refractivity contribution >= 4 is 34.8 Å². The van der Waals surface area contributed by atoms with E-state index in [1.807, 2.05) is 24.3 Å². The molecule has 0 aromatic heterocycles. The number of ether oxygens (including phenoxy) is 1. The standard InChI is InChI=1S/C19H20F2N2OS2/c1-24-16-8-2-13(3-9-16)12-23(15-6-7-15)19(25)22-14-4-10-17(11-5-14)26-18(20)21/h2-5,8-11,15,18H,6-7,12H2,1H3,(H,22,25). The van der Waals surface area contributed by atoms with Gasteiger partial charge in [0.2, 0.25) is 0 Å². The number of nitrogens with zero attached hydrogens (tertiary/aromatic N) is 1. The Labute approximate surface area is 161 Å². The monoisotopic (exact) mass is 394 g/mol. The molecule has 0 saturated heterocycles. The molecule has 0 atom stereocenters. The van der Waals surface area contributed by atoms with Gasteiger partial charge in [0.15, 0.2) is 5.11 Å². The average Bonchev–Trinajstić information content (AvgIpc) is 3.46. The maximum atomic E-state index is 12.4. The number of hydrogen-bond acceptors (Lipinski definition) is 3. The fourth-order valence-electron chi connectivity index (χ4n) is 2.60. The van der Waals surface area contributed by atoms with Gasteiger partial charge in [-0.2, -0.15) is 8.78 Å². The number of thiocarbonyl (C=S) groups is 1. The van der Waals surface area contributed by atoms with Gasteiger partial charge < -0.3 is 15.0 Å². The third kappa shape index (κ3) is 5.32. The van der Waals surface area contributed by atoms with Gasteiger partial charge >= 0.3 is 0 Å². The summed E-state index contributed by atoms with van der Waals surface area (Å²) in [5.41, 5.74) is 1.96. The van der Waals surface area contributed by atoms with Crippen LogP contribution < -0.4 is 10.1 Å². The van der Waals surface area contributed by atoms with E-state index in [1.54, 1.807) is 31.4 Å². The summed E-state index contributed by atoms with van der Waals surface area (Å²) < 4.78 is 30.0. The van der Waals surface area contributed by atoms with Crippen molar-refractivity contribution in [3.8, 4) is 5.75 Å². The molecule has 3 nitrogen and oxygen atoms in total. The quantitative estimate of drug-likeness (QED) is 0.503. The molecule has 2 aromatic carbocycles. The predicted molar refractivity (Wildman–Crippen MR) is 106 cm³/mol. The Morgan fingerprint density at radius 2 is 1.85 bits per heavy atom. The van der Waals surface area contributed by atoms with Gasteiger partial charge in [-0.15, -0.1) is 0 Å². The molecule has 138 valence electrons. The summed E-state index contributed by atoms with van der Waals surface area (Å²) in [6, 6.07) is 15.3. The zero-order chi connectivity index (χ0) is 18.5. The number of anilines is 1. The van der Waals surface area contributed by atoms with Crippen molar-refractivity contribution in [2.45, 2.75) is 36.1 Å². The smallest absolute Gasteiger partial charge is 0.288 e. The van der Waals surface area contributed by atoms with E-state index in [9.17, 15) is 8.78 Å². The highest BCUT2D eigenvalue weighted by atomic mass is 32.2. The highest BCUT2D eigenvalue weighted by Crippen LogP contribution is 2.30. The predicted octanol–water partition coefficient (Wildman–Crippen LogP) is 5.37. The third-order valence-corrected chi connectivity index (χ3v) is 5.15. The first-order valence-electron chi connectivity index (χ1n) is 8.30. The molecule has 1 aliphatic rings. The molecule has 0 heterocycles. The van der Waals surface area contributed by atoms with Crippen LogP contribution in [0.3, 0.4) is 0 Å². The van der Waals surface area contributed by atoms with Crippen LogP contribution in [-0.4, -0.2) is 28.9 Å². The molecule has 1 saturated carbocycles. The van der Waals surface area contributed by atoms with E-state index in [0.29, 0.717) is 27.8 Å². The van der Waals surface area contributed by atoms with E-state index in [2.05, 4.69) is 10.2 Å². The lowest BCUT2D eigenvalue weighted by Gasteiger charge is -2.26. The number of nitrogens with one attached hydrogen (secondary N) is 1. The molecule has 0 spiro atoms. The van der Waals surface area contributed by atoms with Crippen molar-refractivity contribution in [1.82, 2.24) is 4.90 Å². The molecule has 0 radical (unpaired) electrons. The van der Waals surface area contributed by atoms with E-state index in [1.165, 1.54) is 0 Å². The summed E-state index contributed by atoms with van der Waals surface area (Å²) in [5, 5.41) is 3.87. The Bertz CT molecular complexity index is 734. The van der Waals surface area contributed by atoms with Crippen molar-refractivity contribution in [2.24, 2.45) is 0 Å². The molecule has 7 heteroatoms. The van der Waals surface area contributed by atoms with Crippen LogP contribution in [0.5, 0.6) is 5.75 Å². The average molecular weight is 395 g/mol. The maximum absolute atomic E-state index is 12.4. The first kappa shape index (κ1) is 18.9. The highest BCUT2D eigenvalue weighted by Gasteiger charge is 2.30. The summed E-state index contributed by atoms with van der Waals surface area (Å²) in [7, 11) is 1.65. The Morgan fingerprint density at radius 1 is 1.19 bits per heavy atom. The van der Waals surface area contributed by atoms with Gasteiger partial charge in [-0.05, 0) is 67.0 Å². The summed E-state index contributed by atoms with van der Waals surface area (Å²) in [4.78, 5) is 2.72. The first-order chi connectivity index (χ1) is 12.5. The third-order valence-electron chi connectivity index (χ3n) is 4.09. The lowest BCUT2D eigenvalue weighted by Crippen LogP contribution is -2.36. The summed E-state index contributed by atoms with van der Waals surface area (Å²) in [5.74, 6) is -1.58. The fraction of sp³-hybridized carbons (Fsp3) is 0.316. The van der Waals surface area contributed by atoms with Gasteiger partial charge in [0, 0.05) is 23.2 Å². The Hall–Kier alpha value is -1.86. The van der Waals surface area contributed by atoms with Gasteiger partial charge in [-0.3, -0.25) is 0 Å². The molecule has 0 unspecified atom stereocenters. The number of alkyl halides is 2. The van der Waals surface area contributed by atoms with Gasteiger partial charge in [0.1, 0.15) is 5.75 Å². The largest absolute Gasteiger partial charge is 0.497 e. The van der Waals surface area contributed by atoms with Crippen molar-refractivity contribution in [1.29, 1.82) is 0 Å². The zero-order valence-corrected chi connectivity index (χ0v) is 16.0. The van der Waals surface area contributed by atoms with Crippen molar-refractivity contribution in [3.05, 3.63) is 54.1 Å². The topological polar surface area (TPSA) is 24.5 Å². The second-order valence-corrected chi connectivity index (χ2v) is 7.49. The van der Waals surface area contributed by atoms with E-state index in [0.717, 1.165) is 36.4 Å². The molecule has 26 heavy (non-hydrogen) atoms. The summed E-state index contributed by atoms with van der Waals surface area (Å²) >= 11 is 6.13. The van der Waals surface area contributed by atoms with Crippen LogP contribution >= 0.6 is 24.0 Å². The fourth-order valence-corrected chi connectivity index (χ4v) is 3.43. The molecule has 0 aliphatic heterocycles. The first-order valence-corrected chi connectivity index (χ1v) is 9.59. The normalized spacial score (nSPS) is 13.5.